The van der Waals surface area contributed by atoms with Crippen molar-refractivity contribution in [3.05, 3.63) is 46.9 Å². The van der Waals surface area contributed by atoms with Gasteiger partial charge in [-0.25, -0.2) is 9.97 Å². The number of aryl methyl sites for hydroxylation is 1. The molecule has 2 amide bonds. The monoisotopic (exact) mass is 394 g/mol. The van der Waals surface area contributed by atoms with Crippen LogP contribution in [0.1, 0.15) is 54.9 Å². The zero-order valence-corrected chi connectivity index (χ0v) is 17.1. The van der Waals surface area contributed by atoms with Crippen LogP contribution < -0.4 is 9.64 Å². The fourth-order valence-electron chi connectivity index (χ4n) is 4.20. The van der Waals surface area contributed by atoms with Gasteiger partial charge in [0.2, 0.25) is 11.8 Å². The highest BCUT2D eigenvalue weighted by Crippen LogP contribution is 2.36. The van der Waals surface area contributed by atoms with Crippen LogP contribution in [0.25, 0.3) is 0 Å². The van der Waals surface area contributed by atoms with Crippen molar-refractivity contribution in [2.75, 3.05) is 18.6 Å². The Hall–Kier alpha value is -2.96. The van der Waals surface area contributed by atoms with Gasteiger partial charge < -0.3 is 9.64 Å². The molecule has 0 bridgehead atoms. The molecule has 3 heterocycles. The summed E-state index contributed by atoms with van der Waals surface area (Å²) < 4.78 is 5.30. The Labute approximate surface area is 170 Å². The van der Waals surface area contributed by atoms with Gasteiger partial charge in [0.25, 0.3) is 0 Å². The van der Waals surface area contributed by atoms with Gasteiger partial charge in [0, 0.05) is 24.2 Å². The van der Waals surface area contributed by atoms with Crippen molar-refractivity contribution in [1.29, 1.82) is 0 Å². The number of aromatic nitrogens is 2. The summed E-state index contributed by atoms with van der Waals surface area (Å²) in [6.07, 6.45) is 2.59. The van der Waals surface area contributed by atoms with Gasteiger partial charge in [-0.05, 0) is 37.5 Å². The maximum atomic E-state index is 12.8. The Kier molecular flexibility index (Phi) is 5.22. The number of ether oxygens (including phenoxy) is 1. The molecular formula is C22H26N4O3. The van der Waals surface area contributed by atoms with E-state index < -0.39 is 0 Å². The third kappa shape index (κ3) is 3.57. The molecule has 2 aliphatic heterocycles. The third-order valence-electron chi connectivity index (χ3n) is 5.74. The average Bonchev–Trinajstić information content (AvgIpc) is 3.33. The van der Waals surface area contributed by atoms with Crippen LogP contribution in [0.3, 0.4) is 0 Å². The van der Waals surface area contributed by atoms with Crippen molar-refractivity contribution in [3.63, 3.8) is 0 Å². The lowest BCUT2D eigenvalue weighted by atomic mass is 10.1. The molecule has 1 aromatic carbocycles. The molecule has 0 N–H and O–H groups in total. The van der Waals surface area contributed by atoms with Crippen LogP contribution in [0.15, 0.2) is 24.3 Å². The van der Waals surface area contributed by atoms with Crippen molar-refractivity contribution in [2.45, 2.75) is 52.1 Å². The second kappa shape index (κ2) is 7.81. The van der Waals surface area contributed by atoms with Crippen LogP contribution in [0, 0.1) is 6.92 Å². The lowest BCUT2D eigenvalue weighted by Crippen LogP contribution is -2.31. The van der Waals surface area contributed by atoms with Crippen molar-refractivity contribution in [2.24, 2.45) is 0 Å². The van der Waals surface area contributed by atoms with E-state index in [-0.39, 0.29) is 17.9 Å². The molecule has 1 atom stereocenters. The smallest absolute Gasteiger partial charge is 0.233 e. The van der Waals surface area contributed by atoms with Crippen LogP contribution >= 0.6 is 0 Å². The first-order chi connectivity index (χ1) is 14.0. The van der Waals surface area contributed by atoms with E-state index in [1.54, 1.807) is 12.0 Å². The number of likely N-dealkylation sites (tertiary alicyclic amines) is 1. The second-order valence-corrected chi connectivity index (χ2v) is 7.58. The quantitative estimate of drug-likeness (QED) is 0.779. The highest BCUT2D eigenvalue weighted by Gasteiger charge is 2.36. The molecule has 0 spiro atoms. The minimum atomic E-state index is -0.110. The number of benzene rings is 1. The number of hydrogen-bond acceptors (Lipinski definition) is 5. The van der Waals surface area contributed by atoms with Crippen LogP contribution in [-0.4, -0.2) is 40.3 Å². The Bertz CT molecular complexity index is 959. The number of rotatable bonds is 5. The van der Waals surface area contributed by atoms with Gasteiger partial charge >= 0.3 is 0 Å². The number of carbonyl (C=O) groups excluding carboxylic acids is 2. The number of anilines is 1. The minimum absolute atomic E-state index is 0.0188. The molecule has 1 saturated heterocycles. The molecule has 0 radical (unpaired) electrons. The summed E-state index contributed by atoms with van der Waals surface area (Å²) in [6.45, 7) is 4.97. The van der Waals surface area contributed by atoms with Crippen molar-refractivity contribution < 1.29 is 14.3 Å². The number of carbonyl (C=O) groups is 2. The number of hydrogen-bond donors (Lipinski definition) is 0. The number of methoxy groups -OCH3 is 1. The molecule has 29 heavy (non-hydrogen) atoms. The summed E-state index contributed by atoms with van der Waals surface area (Å²) in [5, 5.41) is 0. The van der Waals surface area contributed by atoms with Gasteiger partial charge in [-0.2, -0.15) is 0 Å². The predicted octanol–water partition coefficient (Wildman–Crippen LogP) is 2.96. The fraction of sp³-hybridized carbons (Fsp3) is 0.455. The first-order valence-electron chi connectivity index (χ1n) is 10.1. The van der Waals surface area contributed by atoms with Gasteiger partial charge in [-0.15, -0.1) is 0 Å². The molecular weight excluding hydrogens is 368 g/mol. The molecule has 2 aromatic rings. The summed E-state index contributed by atoms with van der Waals surface area (Å²) in [7, 11) is 1.63. The molecule has 7 heteroatoms. The van der Waals surface area contributed by atoms with Crippen LogP contribution in [0.5, 0.6) is 5.75 Å². The summed E-state index contributed by atoms with van der Waals surface area (Å²) in [5.41, 5.74) is 2.68. The van der Waals surface area contributed by atoms with Crippen LogP contribution in [0.2, 0.25) is 0 Å². The zero-order chi connectivity index (χ0) is 20.5. The van der Waals surface area contributed by atoms with E-state index in [4.69, 9.17) is 14.7 Å². The lowest BCUT2D eigenvalue weighted by Gasteiger charge is -2.25. The Balaban J connectivity index is 1.68. The van der Waals surface area contributed by atoms with Gasteiger partial charge in [-0.3, -0.25) is 14.5 Å². The highest BCUT2D eigenvalue weighted by atomic mass is 16.5. The number of amides is 2. The molecule has 0 aliphatic carbocycles. The predicted molar refractivity (Wildman–Crippen MR) is 109 cm³/mol. The Morgan fingerprint density at radius 3 is 2.90 bits per heavy atom. The molecule has 7 nitrogen and oxygen atoms in total. The summed E-state index contributed by atoms with van der Waals surface area (Å²) in [6, 6.07) is 7.59. The molecule has 4 rings (SSSR count). The van der Waals surface area contributed by atoms with Gasteiger partial charge in [0.15, 0.2) is 5.82 Å². The van der Waals surface area contributed by atoms with Crippen molar-refractivity contribution in [3.8, 4) is 5.75 Å². The van der Waals surface area contributed by atoms with E-state index in [0.717, 1.165) is 42.0 Å². The fourth-order valence-corrected chi connectivity index (χ4v) is 4.20. The highest BCUT2D eigenvalue weighted by molar-refractivity contribution is 6.00. The maximum absolute atomic E-state index is 12.8. The van der Waals surface area contributed by atoms with E-state index >= 15 is 0 Å². The largest absolute Gasteiger partial charge is 0.497 e. The van der Waals surface area contributed by atoms with Crippen LogP contribution in [0.4, 0.5) is 5.82 Å². The van der Waals surface area contributed by atoms with Gasteiger partial charge in [-0.1, -0.05) is 19.1 Å². The first-order valence-corrected chi connectivity index (χ1v) is 10.1. The summed E-state index contributed by atoms with van der Waals surface area (Å²) in [4.78, 5) is 38.2. The molecule has 2 aliphatic rings. The molecule has 0 unspecified atom stereocenters. The standard InChI is InChI=1S/C22H26N4O3/c1-4-19(27)25-10-6-9-18(25)21-23-14(2)17-12-20(28)26(22(17)24-21)13-15-7-5-8-16(11-15)29-3/h5,7-8,11,18H,4,6,9-10,12-13H2,1-3H3/t18-/m0/s1. The van der Waals surface area contributed by atoms with Crippen molar-refractivity contribution in [1.82, 2.24) is 14.9 Å². The van der Waals surface area contributed by atoms with Gasteiger partial charge in [0.05, 0.1) is 26.1 Å². The summed E-state index contributed by atoms with van der Waals surface area (Å²) >= 11 is 0. The van der Waals surface area contributed by atoms with Crippen LogP contribution in [-0.2, 0) is 22.6 Å². The van der Waals surface area contributed by atoms with E-state index in [9.17, 15) is 9.59 Å². The minimum Gasteiger partial charge on any atom is -0.497 e. The number of fused-ring (bicyclic) bond motifs is 1. The average molecular weight is 394 g/mol. The molecule has 152 valence electrons. The molecule has 1 fully saturated rings. The van der Waals surface area contributed by atoms with Crippen molar-refractivity contribution >= 4 is 17.6 Å². The SMILES string of the molecule is CCC(=O)N1CCC[C@H]1c1nc(C)c2c(n1)N(Cc1cccc(OC)c1)C(=O)C2. The number of nitrogens with zero attached hydrogens (tertiary/aromatic N) is 4. The van der Waals surface area contributed by atoms with E-state index in [2.05, 4.69) is 0 Å². The van der Waals surface area contributed by atoms with E-state index in [1.165, 1.54) is 0 Å². The normalized spacial score (nSPS) is 18.3. The Morgan fingerprint density at radius 1 is 1.31 bits per heavy atom. The topological polar surface area (TPSA) is 75.6 Å². The van der Waals surface area contributed by atoms with E-state index in [0.29, 0.717) is 31.0 Å². The molecule has 1 aromatic heterocycles. The second-order valence-electron chi connectivity index (χ2n) is 7.58. The lowest BCUT2D eigenvalue weighted by molar-refractivity contribution is -0.131. The molecule has 0 saturated carbocycles. The maximum Gasteiger partial charge on any atom is 0.233 e. The third-order valence-corrected chi connectivity index (χ3v) is 5.74. The van der Waals surface area contributed by atoms with E-state index in [1.807, 2.05) is 43.0 Å². The first kappa shape index (κ1) is 19.4. The van der Waals surface area contributed by atoms with Gasteiger partial charge in [0.1, 0.15) is 11.6 Å². The summed E-state index contributed by atoms with van der Waals surface area (Å²) in [5.74, 6) is 2.22. The zero-order valence-electron chi connectivity index (χ0n) is 17.1. The Morgan fingerprint density at radius 2 is 2.14 bits per heavy atom.